The summed E-state index contributed by atoms with van der Waals surface area (Å²) >= 11 is 0. The van der Waals surface area contributed by atoms with Crippen LogP contribution in [0, 0.1) is 0 Å². The van der Waals surface area contributed by atoms with Crippen molar-refractivity contribution in [2.45, 2.75) is 12.3 Å². The number of phenols is 1. The highest BCUT2D eigenvalue weighted by molar-refractivity contribution is 5.94. The molecule has 0 fully saturated rings. The van der Waals surface area contributed by atoms with Crippen molar-refractivity contribution in [3.63, 3.8) is 0 Å². The number of benzene rings is 1. The van der Waals surface area contributed by atoms with E-state index in [4.69, 9.17) is 4.74 Å². The highest BCUT2D eigenvalue weighted by atomic mass is 16.5. The minimum atomic E-state index is -0.224. The fourth-order valence-electron chi connectivity index (χ4n) is 2.36. The van der Waals surface area contributed by atoms with E-state index < -0.39 is 0 Å². The standard InChI is InChI=1S/C13H13N3O3/c1-19-7-2-3-11(17)9(4-7)8-5-12(18)15-13-10(8)6-14-16-13/h2-4,6,8,17H,5H2,1H3,(H2,14,15,16,18). The van der Waals surface area contributed by atoms with Gasteiger partial charge in [0.25, 0.3) is 0 Å². The van der Waals surface area contributed by atoms with Gasteiger partial charge in [-0.15, -0.1) is 0 Å². The van der Waals surface area contributed by atoms with Gasteiger partial charge >= 0.3 is 0 Å². The molecule has 0 spiro atoms. The van der Waals surface area contributed by atoms with Crippen LogP contribution in [0.2, 0.25) is 0 Å². The molecule has 0 bridgehead atoms. The number of nitrogens with zero attached hydrogens (tertiary/aromatic N) is 1. The first-order valence-electron chi connectivity index (χ1n) is 5.89. The van der Waals surface area contributed by atoms with Crippen molar-refractivity contribution in [3.05, 3.63) is 35.5 Å². The molecule has 19 heavy (non-hydrogen) atoms. The molecule has 0 saturated carbocycles. The van der Waals surface area contributed by atoms with Crippen molar-refractivity contribution in [1.29, 1.82) is 0 Å². The maximum Gasteiger partial charge on any atom is 0.226 e. The molecule has 1 unspecified atom stereocenters. The third-order valence-electron chi connectivity index (χ3n) is 3.31. The summed E-state index contributed by atoms with van der Waals surface area (Å²) < 4.78 is 5.16. The van der Waals surface area contributed by atoms with Gasteiger partial charge in [-0.25, -0.2) is 0 Å². The second-order valence-electron chi connectivity index (χ2n) is 4.43. The Morgan fingerprint density at radius 1 is 1.42 bits per heavy atom. The summed E-state index contributed by atoms with van der Waals surface area (Å²) in [5.74, 6) is 1.04. The van der Waals surface area contributed by atoms with Crippen molar-refractivity contribution in [1.82, 2.24) is 10.2 Å². The molecule has 0 radical (unpaired) electrons. The number of rotatable bonds is 2. The molecule has 6 nitrogen and oxygen atoms in total. The number of carbonyl (C=O) groups is 1. The van der Waals surface area contributed by atoms with E-state index in [9.17, 15) is 9.90 Å². The second kappa shape index (κ2) is 4.31. The topological polar surface area (TPSA) is 87.2 Å². The van der Waals surface area contributed by atoms with Gasteiger partial charge in [-0.1, -0.05) is 0 Å². The molecule has 1 aliphatic heterocycles. The molecular formula is C13H13N3O3. The molecule has 6 heteroatoms. The molecule has 98 valence electrons. The average Bonchev–Trinajstić information content (AvgIpc) is 2.86. The molecule has 1 amide bonds. The van der Waals surface area contributed by atoms with Crippen LogP contribution >= 0.6 is 0 Å². The minimum absolute atomic E-state index is 0.107. The summed E-state index contributed by atoms with van der Waals surface area (Å²) in [4.78, 5) is 11.7. The number of aromatic amines is 1. The summed E-state index contributed by atoms with van der Waals surface area (Å²) in [5, 5.41) is 19.4. The summed E-state index contributed by atoms with van der Waals surface area (Å²) in [5.41, 5.74) is 1.53. The van der Waals surface area contributed by atoms with E-state index in [2.05, 4.69) is 15.5 Å². The smallest absolute Gasteiger partial charge is 0.226 e. The highest BCUT2D eigenvalue weighted by Gasteiger charge is 2.30. The van der Waals surface area contributed by atoms with Gasteiger partial charge in [-0.05, 0) is 18.2 Å². The number of hydrogen-bond acceptors (Lipinski definition) is 4. The zero-order valence-corrected chi connectivity index (χ0v) is 10.3. The van der Waals surface area contributed by atoms with E-state index in [1.54, 1.807) is 31.5 Å². The number of nitrogens with one attached hydrogen (secondary N) is 2. The summed E-state index contributed by atoms with van der Waals surface area (Å²) in [6.07, 6.45) is 1.94. The molecule has 1 aromatic heterocycles. The molecule has 2 aromatic rings. The zero-order valence-electron chi connectivity index (χ0n) is 10.3. The van der Waals surface area contributed by atoms with Crippen molar-refractivity contribution >= 4 is 11.7 Å². The van der Waals surface area contributed by atoms with Gasteiger partial charge in [0, 0.05) is 23.5 Å². The number of methoxy groups -OCH3 is 1. The maximum absolute atomic E-state index is 11.7. The fraction of sp³-hybridized carbons (Fsp3) is 0.231. The van der Waals surface area contributed by atoms with Crippen molar-refractivity contribution in [2.75, 3.05) is 12.4 Å². The number of ether oxygens (including phenoxy) is 1. The first-order valence-corrected chi connectivity index (χ1v) is 5.89. The van der Waals surface area contributed by atoms with Crippen molar-refractivity contribution in [3.8, 4) is 11.5 Å². The SMILES string of the molecule is COc1ccc(O)c(C2CC(=O)Nc3[nH]ncc32)c1. The Balaban J connectivity index is 2.10. The number of hydrogen-bond donors (Lipinski definition) is 3. The number of fused-ring (bicyclic) bond motifs is 1. The lowest BCUT2D eigenvalue weighted by Gasteiger charge is -2.23. The quantitative estimate of drug-likeness (QED) is 0.764. The normalized spacial score (nSPS) is 17.7. The van der Waals surface area contributed by atoms with Crippen LogP contribution in [0.3, 0.4) is 0 Å². The summed E-state index contributed by atoms with van der Waals surface area (Å²) in [6, 6.07) is 4.99. The lowest BCUT2D eigenvalue weighted by Crippen LogP contribution is -2.23. The number of carbonyl (C=O) groups excluding carboxylic acids is 1. The van der Waals surface area contributed by atoms with Crippen molar-refractivity contribution < 1.29 is 14.6 Å². The van der Waals surface area contributed by atoms with E-state index in [1.807, 2.05) is 0 Å². The molecule has 2 heterocycles. The Labute approximate surface area is 109 Å². The lowest BCUT2D eigenvalue weighted by atomic mass is 9.87. The maximum atomic E-state index is 11.7. The van der Waals surface area contributed by atoms with Crippen LogP contribution in [0.5, 0.6) is 11.5 Å². The highest BCUT2D eigenvalue weighted by Crippen LogP contribution is 2.40. The van der Waals surface area contributed by atoms with Gasteiger partial charge in [0.1, 0.15) is 17.3 Å². The Hall–Kier alpha value is -2.50. The largest absolute Gasteiger partial charge is 0.508 e. The van der Waals surface area contributed by atoms with Crippen LogP contribution < -0.4 is 10.1 Å². The van der Waals surface area contributed by atoms with Crippen LogP contribution in [-0.4, -0.2) is 28.3 Å². The number of aromatic hydroxyl groups is 1. The zero-order chi connectivity index (χ0) is 13.4. The number of anilines is 1. The van der Waals surface area contributed by atoms with E-state index in [-0.39, 0.29) is 24.0 Å². The second-order valence-corrected chi connectivity index (χ2v) is 4.43. The molecule has 0 aliphatic carbocycles. The Kier molecular flexibility index (Phi) is 2.63. The van der Waals surface area contributed by atoms with Gasteiger partial charge in [0.05, 0.1) is 13.3 Å². The van der Waals surface area contributed by atoms with Crippen LogP contribution in [0.4, 0.5) is 5.82 Å². The molecule has 0 saturated heterocycles. The van der Waals surface area contributed by atoms with E-state index in [0.29, 0.717) is 17.1 Å². The van der Waals surface area contributed by atoms with Crippen LogP contribution in [-0.2, 0) is 4.79 Å². The van der Waals surface area contributed by atoms with Crippen LogP contribution in [0.25, 0.3) is 0 Å². The first-order chi connectivity index (χ1) is 9.19. The summed E-state index contributed by atoms with van der Waals surface area (Å²) in [6.45, 7) is 0. The molecule has 1 aromatic carbocycles. The van der Waals surface area contributed by atoms with Crippen molar-refractivity contribution in [2.24, 2.45) is 0 Å². The Morgan fingerprint density at radius 2 is 2.26 bits per heavy atom. The van der Waals surface area contributed by atoms with Crippen LogP contribution in [0.1, 0.15) is 23.5 Å². The van der Waals surface area contributed by atoms with Gasteiger partial charge in [0.15, 0.2) is 0 Å². The molecule has 1 aliphatic rings. The van der Waals surface area contributed by atoms with E-state index in [1.165, 1.54) is 0 Å². The third kappa shape index (κ3) is 1.91. The molecule has 3 N–H and O–H groups in total. The Bertz CT molecular complexity index is 636. The predicted molar refractivity (Wildman–Crippen MR) is 68.3 cm³/mol. The third-order valence-corrected chi connectivity index (χ3v) is 3.31. The number of phenolic OH excluding ortho intramolecular Hbond substituents is 1. The van der Waals surface area contributed by atoms with Gasteiger partial charge in [-0.3, -0.25) is 9.89 Å². The van der Waals surface area contributed by atoms with Gasteiger partial charge < -0.3 is 15.2 Å². The Morgan fingerprint density at radius 3 is 3.05 bits per heavy atom. The summed E-state index contributed by atoms with van der Waals surface area (Å²) in [7, 11) is 1.56. The van der Waals surface area contributed by atoms with Crippen LogP contribution in [0.15, 0.2) is 24.4 Å². The fourth-order valence-corrected chi connectivity index (χ4v) is 2.36. The van der Waals surface area contributed by atoms with Gasteiger partial charge in [-0.2, -0.15) is 5.10 Å². The lowest BCUT2D eigenvalue weighted by molar-refractivity contribution is -0.116. The number of aromatic nitrogens is 2. The number of amides is 1. The van der Waals surface area contributed by atoms with E-state index >= 15 is 0 Å². The molecule has 3 rings (SSSR count). The monoisotopic (exact) mass is 259 g/mol. The van der Waals surface area contributed by atoms with Gasteiger partial charge in [0.2, 0.25) is 5.91 Å². The molecule has 1 atom stereocenters. The predicted octanol–water partition coefficient (Wildman–Crippen LogP) is 1.60. The first kappa shape index (κ1) is 11.6. The minimum Gasteiger partial charge on any atom is -0.508 e. The average molecular weight is 259 g/mol. The van der Waals surface area contributed by atoms with E-state index in [0.717, 1.165) is 5.56 Å². The molecular weight excluding hydrogens is 246 g/mol. The number of H-pyrrole nitrogens is 1.